The molecule has 2 aliphatic heterocycles. The molecule has 3 aromatic heterocycles. The summed E-state index contributed by atoms with van der Waals surface area (Å²) in [6.07, 6.45) is 1.02. The maximum atomic E-state index is 14.2. The zero-order valence-electron chi connectivity index (χ0n) is 17.5. The van der Waals surface area contributed by atoms with Crippen LogP contribution in [0.4, 0.5) is 4.39 Å². The fourth-order valence-electron chi connectivity index (χ4n) is 5.38. The zero-order valence-corrected chi connectivity index (χ0v) is 18.3. The lowest BCUT2D eigenvalue weighted by Gasteiger charge is -2.45. The number of aromatic hydroxyl groups is 1. The summed E-state index contributed by atoms with van der Waals surface area (Å²) in [5, 5.41) is 15.3. The smallest absolute Gasteiger partial charge is 0.250 e. The average molecular weight is 452 g/mol. The third kappa shape index (κ3) is 3.07. The Labute approximate surface area is 187 Å². The molecule has 4 aromatic rings. The molecular formula is C23H22FN5O2S. The summed E-state index contributed by atoms with van der Waals surface area (Å²) >= 11 is 1.38. The second-order valence-electron chi connectivity index (χ2n) is 8.75. The van der Waals surface area contributed by atoms with Gasteiger partial charge in [0.15, 0.2) is 0 Å². The molecule has 0 spiro atoms. The van der Waals surface area contributed by atoms with Crippen LogP contribution in [0.1, 0.15) is 40.3 Å². The van der Waals surface area contributed by atoms with E-state index in [1.165, 1.54) is 28.0 Å². The molecule has 3 unspecified atom stereocenters. The topological polar surface area (TPSA) is 75.7 Å². The van der Waals surface area contributed by atoms with Crippen LogP contribution in [-0.2, 0) is 6.54 Å². The molecule has 1 fully saturated rings. The monoisotopic (exact) mass is 451 g/mol. The lowest BCUT2D eigenvalue weighted by atomic mass is 9.82. The van der Waals surface area contributed by atoms with E-state index in [0.717, 1.165) is 24.2 Å². The summed E-state index contributed by atoms with van der Waals surface area (Å²) in [5.74, 6) is 0.849. The van der Waals surface area contributed by atoms with Crippen LogP contribution in [0.5, 0.6) is 5.88 Å². The Kier molecular flexibility index (Phi) is 4.44. The van der Waals surface area contributed by atoms with Crippen molar-refractivity contribution in [2.75, 3.05) is 13.1 Å². The van der Waals surface area contributed by atoms with Crippen molar-refractivity contribution in [3.63, 3.8) is 0 Å². The minimum absolute atomic E-state index is 0.0471. The molecule has 1 N–H and O–H groups in total. The van der Waals surface area contributed by atoms with E-state index >= 15 is 0 Å². The number of benzene rings is 1. The SMILES string of the molecule is Cc1nc2sc(C(c3cccc(F)c3)N3CC4CC(C3)c3cccc(=O)n3C4)c(O)n2n1. The Hall–Kier alpha value is -3.04. The van der Waals surface area contributed by atoms with Crippen LogP contribution in [0.3, 0.4) is 0 Å². The third-order valence-corrected chi connectivity index (χ3v) is 7.66. The number of likely N-dealkylation sites (tertiary alicyclic amines) is 1. The summed E-state index contributed by atoms with van der Waals surface area (Å²) in [5.41, 5.74) is 1.89. The number of hydrogen-bond donors (Lipinski definition) is 1. The number of rotatable bonds is 3. The van der Waals surface area contributed by atoms with E-state index in [2.05, 4.69) is 15.0 Å². The molecule has 164 valence electrons. The maximum absolute atomic E-state index is 14.2. The van der Waals surface area contributed by atoms with Crippen molar-refractivity contribution in [1.82, 2.24) is 24.1 Å². The van der Waals surface area contributed by atoms with Crippen LogP contribution < -0.4 is 5.56 Å². The van der Waals surface area contributed by atoms with Gasteiger partial charge < -0.3 is 9.67 Å². The standard InChI is InChI=1S/C23H22FN5O2S/c1-13-25-23-29(26-13)22(31)21(32-23)20(15-4-2-5-17(24)9-15)27-10-14-8-16(12-27)18-6-3-7-19(30)28(18)11-14/h2-7,9,14,16,20,31H,8,10-12H2,1H3. The zero-order chi connectivity index (χ0) is 22.0. The quantitative estimate of drug-likeness (QED) is 0.517. The molecular weight excluding hydrogens is 429 g/mol. The second kappa shape index (κ2) is 7.25. The first-order valence-electron chi connectivity index (χ1n) is 10.7. The minimum Gasteiger partial charge on any atom is -0.492 e. The molecule has 0 amide bonds. The van der Waals surface area contributed by atoms with Gasteiger partial charge >= 0.3 is 0 Å². The second-order valence-corrected chi connectivity index (χ2v) is 9.76. The first kappa shape index (κ1) is 19.6. The van der Waals surface area contributed by atoms with Crippen LogP contribution >= 0.6 is 11.3 Å². The highest BCUT2D eigenvalue weighted by Gasteiger charge is 2.39. The van der Waals surface area contributed by atoms with Gasteiger partial charge in [-0.2, -0.15) is 4.52 Å². The fraction of sp³-hybridized carbons (Fsp3) is 0.348. The van der Waals surface area contributed by atoms with Gasteiger partial charge in [-0.1, -0.05) is 29.5 Å². The Morgan fingerprint density at radius 2 is 2.03 bits per heavy atom. The molecule has 32 heavy (non-hydrogen) atoms. The molecule has 0 aliphatic carbocycles. The number of aryl methyl sites for hydroxylation is 1. The van der Waals surface area contributed by atoms with E-state index in [9.17, 15) is 14.3 Å². The molecule has 2 aliphatic rings. The number of piperidine rings is 1. The molecule has 1 saturated heterocycles. The third-order valence-electron chi connectivity index (χ3n) is 6.59. The molecule has 3 atom stereocenters. The van der Waals surface area contributed by atoms with Gasteiger partial charge in [-0.3, -0.25) is 9.69 Å². The van der Waals surface area contributed by atoms with Gasteiger partial charge in [0.2, 0.25) is 10.8 Å². The highest BCUT2D eigenvalue weighted by atomic mass is 32.1. The van der Waals surface area contributed by atoms with Gasteiger partial charge in [-0.15, -0.1) is 5.10 Å². The normalized spacial score (nSPS) is 21.6. The molecule has 2 bridgehead atoms. The first-order valence-corrected chi connectivity index (χ1v) is 11.5. The van der Waals surface area contributed by atoms with Gasteiger partial charge in [0.25, 0.3) is 5.56 Å². The van der Waals surface area contributed by atoms with E-state index in [1.54, 1.807) is 19.1 Å². The van der Waals surface area contributed by atoms with Crippen molar-refractivity contribution < 1.29 is 9.50 Å². The van der Waals surface area contributed by atoms with Crippen LogP contribution in [-0.4, -0.2) is 42.3 Å². The van der Waals surface area contributed by atoms with E-state index in [1.807, 2.05) is 22.8 Å². The summed E-state index contributed by atoms with van der Waals surface area (Å²) in [4.78, 5) is 20.4. The van der Waals surface area contributed by atoms with Crippen LogP contribution in [0.25, 0.3) is 4.96 Å². The van der Waals surface area contributed by atoms with Crippen LogP contribution in [0.15, 0.2) is 47.3 Å². The van der Waals surface area contributed by atoms with Crippen molar-refractivity contribution in [2.45, 2.75) is 31.8 Å². The largest absolute Gasteiger partial charge is 0.492 e. The molecule has 9 heteroatoms. The number of halogens is 1. The maximum Gasteiger partial charge on any atom is 0.250 e. The van der Waals surface area contributed by atoms with E-state index in [4.69, 9.17) is 0 Å². The summed E-state index contributed by atoms with van der Waals surface area (Å²) in [6, 6.07) is 11.7. The Morgan fingerprint density at radius 1 is 1.19 bits per heavy atom. The summed E-state index contributed by atoms with van der Waals surface area (Å²) in [7, 11) is 0. The van der Waals surface area contributed by atoms with Crippen molar-refractivity contribution in [2.24, 2.45) is 5.92 Å². The van der Waals surface area contributed by atoms with Gasteiger partial charge in [0.05, 0.1) is 10.9 Å². The summed E-state index contributed by atoms with van der Waals surface area (Å²) < 4.78 is 17.6. The highest BCUT2D eigenvalue weighted by molar-refractivity contribution is 7.17. The summed E-state index contributed by atoms with van der Waals surface area (Å²) in [6.45, 7) is 3.93. The lowest BCUT2D eigenvalue weighted by molar-refractivity contribution is 0.0951. The highest BCUT2D eigenvalue weighted by Crippen LogP contribution is 2.44. The molecule has 5 heterocycles. The number of pyridine rings is 1. The Balaban J connectivity index is 1.46. The van der Waals surface area contributed by atoms with Gasteiger partial charge in [0, 0.05) is 37.3 Å². The first-order chi connectivity index (χ1) is 15.5. The van der Waals surface area contributed by atoms with Crippen LogP contribution in [0.2, 0.25) is 0 Å². The minimum atomic E-state index is -0.327. The average Bonchev–Trinajstić information content (AvgIpc) is 3.26. The Morgan fingerprint density at radius 3 is 2.84 bits per heavy atom. The van der Waals surface area contributed by atoms with E-state index in [-0.39, 0.29) is 29.2 Å². The fourth-order valence-corrected chi connectivity index (χ4v) is 6.54. The molecule has 1 aromatic carbocycles. The predicted octanol–water partition coefficient (Wildman–Crippen LogP) is 3.31. The molecule has 0 radical (unpaired) electrons. The van der Waals surface area contributed by atoms with Crippen LogP contribution in [0, 0.1) is 18.7 Å². The van der Waals surface area contributed by atoms with Crippen molar-refractivity contribution in [3.05, 3.63) is 80.6 Å². The van der Waals surface area contributed by atoms with Crippen molar-refractivity contribution in [1.29, 1.82) is 0 Å². The molecule has 7 nitrogen and oxygen atoms in total. The van der Waals surface area contributed by atoms with Crippen molar-refractivity contribution in [3.8, 4) is 5.88 Å². The van der Waals surface area contributed by atoms with Gasteiger partial charge in [-0.05, 0) is 43.0 Å². The number of hydrogen-bond acceptors (Lipinski definition) is 6. The van der Waals surface area contributed by atoms with Gasteiger partial charge in [0.1, 0.15) is 11.6 Å². The number of thiazole rings is 1. The number of aromatic nitrogens is 4. The van der Waals surface area contributed by atoms with Crippen molar-refractivity contribution >= 4 is 16.3 Å². The van der Waals surface area contributed by atoms with E-state index < -0.39 is 0 Å². The lowest BCUT2D eigenvalue weighted by Crippen LogP contribution is -2.48. The number of fused-ring (bicyclic) bond motifs is 5. The van der Waals surface area contributed by atoms with Gasteiger partial charge in [-0.25, -0.2) is 9.37 Å². The predicted molar refractivity (Wildman–Crippen MR) is 119 cm³/mol. The molecule has 6 rings (SSSR count). The van der Waals surface area contributed by atoms with E-state index in [0.29, 0.717) is 34.7 Å². The Bertz CT molecular complexity index is 1390. The molecule has 0 saturated carbocycles. The number of nitrogens with zero attached hydrogens (tertiary/aromatic N) is 5.